The van der Waals surface area contributed by atoms with Gasteiger partial charge in [0.25, 0.3) is 5.91 Å². The highest BCUT2D eigenvalue weighted by Crippen LogP contribution is 2.18. The quantitative estimate of drug-likeness (QED) is 0.802. The van der Waals surface area contributed by atoms with E-state index in [2.05, 4.69) is 0 Å². The summed E-state index contributed by atoms with van der Waals surface area (Å²) in [6.07, 6.45) is 0.749. The number of amides is 1. The number of hydrogen-bond acceptors (Lipinski definition) is 4. The molecule has 5 heteroatoms. The molecule has 0 aliphatic rings. The Kier molecular flexibility index (Phi) is 4.31. The smallest absolute Gasteiger partial charge is 0.290 e. The van der Waals surface area contributed by atoms with E-state index in [4.69, 9.17) is 4.42 Å². The molecule has 0 aliphatic carbocycles. The minimum atomic E-state index is -0.749. The summed E-state index contributed by atoms with van der Waals surface area (Å²) in [7, 11) is 0. The Hall–Kier alpha value is -1.33. The molecule has 0 aliphatic heterocycles. The van der Waals surface area contributed by atoms with Crippen LogP contribution < -0.4 is 0 Å². The van der Waals surface area contributed by atoms with Crippen LogP contribution in [0.3, 0.4) is 0 Å². The molecule has 0 bridgehead atoms. The fourth-order valence-electron chi connectivity index (χ4n) is 1.49. The van der Waals surface area contributed by atoms with E-state index in [-0.39, 0.29) is 24.8 Å². The van der Waals surface area contributed by atoms with E-state index in [1.807, 2.05) is 0 Å². The van der Waals surface area contributed by atoms with Crippen LogP contribution in [-0.4, -0.2) is 45.8 Å². The Labute approximate surface area is 101 Å². The van der Waals surface area contributed by atoms with Crippen LogP contribution >= 0.6 is 0 Å². The van der Waals surface area contributed by atoms with Crippen molar-refractivity contribution in [3.05, 3.63) is 24.2 Å². The van der Waals surface area contributed by atoms with Crippen molar-refractivity contribution in [3.8, 4) is 0 Å². The van der Waals surface area contributed by atoms with Gasteiger partial charge in [0.05, 0.1) is 24.5 Å². The minimum Gasteiger partial charge on any atom is -0.459 e. The van der Waals surface area contributed by atoms with E-state index in [0.29, 0.717) is 0 Å². The Morgan fingerprint density at radius 1 is 1.59 bits per heavy atom. The van der Waals surface area contributed by atoms with Gasteiger partial charge in [-0.15, -0.1) is 0 Å². The minimum absolute atomic E-state index is 0.146. The van der Waals surface area contributed by atoms with Gasteiger partial charge in [-0.1, -0.05) is 0 Å². The van der Waals surface area contributed by atoms with Crippen LogP contribution in [0.2, 0.25) is 0 Å². The summed E-state index contributed by atoms with van der Waals surface area (Å²) < 4.78 is 5.04. The lowest BCUT2D eigenvalue weighted by Crippen LogP contribution is -2.52. The molecule has 1 atom stereocenters. The van der Waals surface area contributed by atoms with E-state index >= 15 is 0 Å². The first-order valence-corrected chi connectivity index (χ1v) is 5.53. The molecule has 0 fully saturated rings. The molecular formula is C12H19NO4. The monoisotopic (exact) mass is 241 g/mol. The van der Waals surface area contributed by atoms with Crippen molar-refractivity contribution in [2.24, 2.45) is 0 Å². The first-order valence-electron chi connectivity index (χ1n) is 5.53. The molecule has 1 heterocycles. The van der Waals surface area contributed by atoms with Crippen LogP contribution in [0.4, 0.5) is 0 Å². The van der Waals surface area contributed by atoms with Gasteiger partial charge >= 0.3 is 0 Å². The fraction of sp³-hybridized carbons (Fsp3) is 0.583. The highest BCUT2D eigenvalue weighted by molar-refractivity contribution is 5.92. The lowest BCUT2D eigenvalue weighted by molar-refractivity contribution is 0.0170. The zero-order chi connectivity index (χ0) is 13.1. The third-order valence-electron chi connectivity index (χ3n) is 2.54. The number of aliphatic hydroxyl groups is 2. The van der Waals surface area contributed by atoms with Crippen molar-refractivity contribution in [2.45, 2.75) is 32.4 Å². The van der Waals surface area contributed by atoms with Crippen LogP contribution in [0.15, 0.2) is 22.8 Å². The Morgan fingerprint density at radius 3 is 2.65 bits per heavy atom. The normalized spacial score (nSPS) is 13.5. The van der Waals surface area contributed by atoms with Crippen molar-refractivity contribution in [2.75, 3.05) is 13.2 Å². The number of aliphatic hydroxyl groups excluding tert-OH is 2. The lowest BCUT2D eigenvalue weighted by Gasteiger charge is -2.37. The number of β-amino-alcohol motifs (C(OH)–C–C–N with tert-alkyl or cyclic N) is 1. The first kappa shape index (κ1) is 13.7. The van der Waals surface area contributed by atoms with E-state index in [0.717, 1.165) is 0 Å². The molecule has 1 unspecified atom stereocenters. The molecule has 1 aromatic rings. The summed E-state index contributed by atoms with van der Waals surface area (Å²) in [4.78, 5) is 13.6. The summed E-state index contributed by atoms with van der Waals surface area (Å²) in [5.41, 5.74) is -0.749. The van der Waals surface area contributed by atoms with E-state index in [1.165, 1.54) is 11.2 Å². The van der Waals surface area contributed by atoms with E-state index < -0.39 is 11.6 Å². The highest BCUT2D eigenvalue weighted by Gasteiger charge is 2.32. The van der Waals surface area contributed by atoms with Gasteiger partial charge in [-0.05, 0) is 32.9 Å². The topological polar surface area (TPSA) is 73.9 Å². The van der Waals surface area contributed by atoms with Crippen molar-refractivity contribution < 1.29 is 19.4 Å². The third-order valence-corrected chi connectivity index (χ3v) is 2.54. The molecule has 0 radical (unpaired) electrons. The average molecular weight is 241 g/mol. The van der Waals surface area contributed by atoms with Crippen LogP contribution in [0.1, 0.15) is 31.3 Å². The first-order chi connectivity index (χ1) is 7.88. The van der Waals surface area contributed by atoms with Crippen molar-refractivity contribution in [3.63, 3.8) is 0 Å². The molecular weight excluding hydrogens is 222 g/mol. The second kappa shape index (κ2) is 5.33. The average Bonchev–Trinajstić information content (AvgIpc) is 2.78. The van der Waals surface area contributed by atoms with Gasteiger partial charge in [-0.25, -0.2) is 0 Å². The molecule has 1 rings (SSSR count). The maximum absolute atomic E-state index is 12.2. The Morgan fingerprint density at radius 2 is 2.24 bits per heavy atom. The summed E-state index contributed by atoms with van der Waals surface area (Å²) in [6, 6.07) is 3.19. The van der Waals surface area contributed by atoms with E-state index in [1.54, 1.807) is 32.9 Å². The highest BCUT2D eigenvalue weighted by atomic mass is 16.3. The molecule has 1 aromatic heterocycles. The van der Waals surface area contributed by atoms with Crippen LogP contribution in [0.25, 0.3) is 0 Å². The second-order valence-corrected chi connectivity index (χ2v) is 4.71. The molecule has 0 saturated carbocycles. The maximum atomic E-state index is 12.2. The molecule has 96 valence electrons. The molecule has 0 aromatic carbocycles. The van der Waals surface area contributed by atoms with Crippen molar-refractivity contribution >= 4 is 5.91 Å². The predicted molar refractivity (Wildman–Crippen MR) is 62.6 cm³/mol. The molecule has 0 saturated heterocycles. The third kappa shape index (κ3) is 3.31. The SMILES string of the molecule is CC(O)CN(C(=O)c1ccco1)C(C)(C)CO. The zero-order valence-corrected chi connectivity index (χ0v) is 10.4. The summed E-state index contributed by atoms with van der Waals surface area (Å²) in [5, 5.41) is 18.7. The van der Waals surface area contributed by atoms with Crippen molar-refractivity contribution in [1.82, 2.24) is 4.90 Å². The summed E-state index contributed by atoms with van der Waals surface area (Å²) in [6.45, 7) is 5.02. The van der Waals surface area contributed by atoms with Gasteiger partial charge in [-0.3, -0.25) is 4.79 Å². The van der Waals surface area contributed by atoms with Crippen LogP contribution in [-0.2, 0) is 0 Å². The number of furan rings is 1. The van der Waals surface area contributed by atoms with Gasteiger partial charge in [0.1, 0.15) is 0 Å². The number of rotatable bonds is 5. The largest absolute Gasteiger partial charge is 0.459 e. The van der Waals surface area contributed by atoms with Crippen molar-refractivity contribution in [1.29, 1.82) is 0 Å². The van der Waals surface area contributed by atoms with E-state index in [9.17, 15) is 15.0 Å². The molecule has 5 nitrogen and oxygen atoms in total. The summed E-state index contributed by atoms with van der Waals surface area (Å²) in [5.74, 6) is -0.137. The van der Waals surface area contributed by atoms with Gasteiger partial charge in [0.2, 0.25) is 0 Å². The van der Waals surface area contributed by atoms with Gasteiger partial charge < -0.3 is 19.5 Å². The second-order valence-electron chi connectivity index (χ2n) is 4.71. The van der Waals surface area contributed by atoms with Crippen LogP contribution in [0.5, 0.6) is 0 Å². The zero-order valence-electron chi connectivity index (χ0n) is 10.4. The number of carbonyl (C=O) groups is 1. The van der Waals surface area contributed by atoms with Gasteiger partial charge in [0.15, 0.2) is 5.76 Å². The standard InChI is InChI=1S/C12H19NO4/c1-9(15)7-13(12(2,3)8-14)11(16)10-5-4-6-17-10/h4-6,9,14-15H,7-8H2,1-3H3. The van der Waals surface area contributed by atoms with Gasteiger partial charge in [-0.2, -0.15) is 0 Å². The number of carbonyl (C=O) groups excluding carboxylic acids is 1. The molecule has 0 spiro atoms. The molecule has 17 heavy (non-hydrogen) atoms. The number of hydrogen-bond donors (Lipinski definition) is 2. The predicted octanol–water partition coefficient (Wildman–Crippen LogP) is 0.874. The molecule has 2 N–H and O–H groups in total. The lowest BCUT2D eigenvalue weighted by atomic mass is 10.0. The summed E-state index contributed by atoms with van der Waals surface area (Å²) >= 11 is 0. The Balaban J connectivity index is 2.94. The Bertz CT molecular complexity index is 357. The fourth-order valence-corrected chi connectivity index (χ4v) is 1.49. The maximum Gasteiger partial charge on any atom is 0.290 e. The van der Waals surface area contributed by atoms with Gasteiger partial charge in [0, 0.05) is 6.54 Å². The number of nitrogens with zero attached hydrogens (tertiary/aromatic N) is 1. The molecule has 1 amide bonds. The van der Waals surface area contributed by atoms with Crippen LogP contribution in [0, 0.1) is 0 Å².